The van der Waals surface area contributed by atoms with Gasteiger partial charge in [-0.05, 0) is 25.0 Å². The second-order valence-corrected chi connectivity index (χ2v) is 6.66. The van der Waals surface area contributed by atoms with E-state index in [1.54, 1.807) is 0 Å². The third-order valence-electron chi connectivity index (χ3n) is 3.90. The van der Waals surface area contributed by atoms with Crippen molar-refractivity contribution in [2.45, 2.75) is 20.8 Å². The van der Waals surface area contributed by atoms with Crippen molar-refractivity contribution in [3.63, 3.8) is 0 Å². The van der Waals surface area contributed by atoms with Crippen LogP contribution in [0, 0.1) is 5.92 Å². The smallest absolute Gasteiger partial charge is 0.163 e. The van der Waals surface area contributed by atoms with Crippen molar-refractivity contribution in [1.29, 1.82) is 0 Å². The third-order valence-corrected chi connectivity index (χ3v) is 3.90. The van der Waals surface area contributed by atoms with Gasteiger partial charge in [0.2, 0.25) is 0 Å². The fraction of sp³-hybridized carbons (Fsp3) is 0.273. The standard InChI is InChI=1S/C22H26N4O/c1-4-27-19-13-9-8-12-18(19)24-21-14-20(23-15-16(2)3)25-22(26-21)17-10-6-5-7-11-17/h5-14,16H,4,15H2,1-3H3,(H2,23,24,25,26). The molecule has 0 aliphatic carbocycles. The Balaban J connectivity index is 1.95. The molecule has 0 unspecified atom stereocenters. The van der Waals surface area contributed by atoms with Gasteiger partial charge in [-0.25, -0.2) is 9.97 Å². The first-order chi connectivity index (χ1) is 13.2. The highest BCUT2D eigenvalue weighted by atomic mass is 16.5. The molecule has 27 heavy (non-hydrogen) atoms. The molecule has 0 saturated carbocycles. The van der Waals surface area contributed by atoms with Gasteiger partial charge in [0.25, 0.3) is 0 Å². The molecular formula is C22H26N4O. The molecule has 1 heterocycles. The Morgan fingerprint density at radius 3 is 2.37 bits per heavy atom. The highest BCUT2D eigenvalue weighted by Gasteiger charge is 2.10. The number of nitrogens with zero attached hydrogens (tertiary/aromatic N) is 2. The Morgan fingerprint density at radius 1 is 0.926 bits per heavy atom. The molecule has 0 amide bonds. The lowest BCUT2D eigenvalue weighted by atomic mass is 10.2. The normalized spacial score (nSPS) is 10.7. The predicted molar refractivity (Wildman–Crippen MR) is 112 cm³/mol. The van der Waals surface area contributed by atoms with Crippen LogP contribution in [0.2, 0.25) is 0 Å². The Hall–Kier alpha value is -3.08. The van der Waals surface area contributed by atoms with Crippen molar-refractivity contribution < 1.29 is 4.74 Å². The van der Waals surface area contributed by atoms with Gasteiger partial charge >= 0.3 is 0 Å². The molecule has 0 radical (unpaired) electrons. The van der Waals surface area contributed by atoms with E-state index in [9.17, 15) is 0 Å². The molecule has 2 aromatic carbocycles. The molecule has 2 N–H and O–H groups in total. The van der Waals surface area contributed by atoms with Crippen LogP contribution in [0.5, 0.6) is 5.75 Å². The minimum atomic E-state index is 0.523. The number of rotatable bonds is 8. The van der Waals surface area contributed by atoms with Crippen molar-refractivity contribution >= 4 is 17.3 Å². The summed E-state index contributed by atoms with van der Waals surface area (Å²) < 4.78 is 5.71. The maximum atomic E-state index is 5.71. The second kappa shape index (κ2) is 9.03. The zero-order valence-electron chi connectivity index (χ0n) is 16.1. The molecule has 0 spiro atoms. The first kappa shape index (κ1) is 18.7. The second-order valence-electron chi connectivity index (χ2n) is 6.66. The van der Waals surface area contributed by atoms with Gasteiger partial charge in [-0.3, -0.25) is 0 Å². The molecule has 140 valence electrons. The minimum Gasteiger partial charge on any atom is -0.492 e. The number of ether oxygens (including phenoxy) is 1. The molecule has 0 atom stereocenters. The van der Waals surface area contributed by atoms with E-state index in [1.807, 2.05) is 67.6 Å². The van der Waals surface area contributed by atoms with E-state index in [0.29, 0.717) is 18.3 Å². The number of hydrogen-bond acceptors (Lipinski definition) is 5. The van der Waals surface area contributed by atoms with E-state index in [2.05, 4.69) is 29.5 Å². The van der Waals surface area contributed by atoms with E-state index in [0.717, 1.165) is 35.2 Å². The summed E-state index contributed by atoms with van der Waals surface area (Å²) in [5.41, 5.74) is 1.86. The van der Waals surface area contributed by atoms with Crippen LogP contribution in [-0.2, 0) is 0 Å². The molecule has 0 bridgehead atoms. The van der Waals surface area contributed by atoms with Gasteiger partial charge in [0.1, 0.15) is 17.4 Å². The summed E-state index contributed by atoms with van der Waals surface area (Å²) in [4.78, 5) is 9.39. The fourth-order valence-corrected chi connectivity index (χ4v) is 2.62. The van der Waals surface area contributed by atoms with Crippen molar-refractivity contribution in [3.05, 3.63) is 60.7 Å². The largest absolute Gasteiger partial charge is 0.492 e. The fourth-order valence-electron chi connectivity index (χ4n) is 2.62. The van der Waals surface area contributed by atoms with Crippen molar-refractivity contribution in [2.75, 3.05) is 23.8 Å². The highest BCUT2D eigenvalue weighted by Crippen LogP contribution is 2.28. The molecule has 0 aliphatic rings. The van der Waals surface area contributed by atoms with Crippen LogP contribution < -0.4 is 15.4 Å². The molecule has 1 aromatic heterocycles. The first-order valence-electron chi connectivity index (χ1n) is 9.33. The van der Waals surface area contributed by atoms with Gasteiger partial charge in [-0.2, -0.15) is 0 Å². The lowest BCUT2D eigenvalue weighted by Crippen LogP contribution is -2.10. The summed E-state index contributed by atoms with van der Waals surface area (Å²) in [5, 5.41) is 6.78. The molecule has 5 nitrogen and oxygen atoms in total. The monoisotopic (exact) mass is 362 g/mol. The number of aromatic nitrogens is 2. The summed E-state index contributed by atoms with van der Waals surface area (Å²) in [6.45, 7) is 7.77. The maximum Gasteiger partial charge on any atom is 0.163 e. The number of anilines is 3. The van der Waals surface area contributed by atoms with E-state index in [4.69, 9.17) is 9.72 Å². The van der Waals surface area contributed by atoms with E-state index >= 15 is 0 Å². The predicted octanol–water partition coefficient (Wildman–Crippen LogP) is 5.35. The highest BCUT2D eigenvalue weighted by molar-refractivity contribution is 5.68. The average Bonchev–Trinajstić information content (AvgIpc) is 2.69. The van der Waals surface area contributed by atoms with Crippen molar-refractivity contribution in [3.8, 4) is 17.1 Å². The molecule has 0 saturated heterocycles. The van der Waals surface area contributed by atoms with Crippen LogP contribution in [0.25, 0.3) is 11.4 Å². The van der Waals surface area contributed by atoms with Gasteiger partial charge in [0, 0.05) is 18.2 Å². The van der Waals surface area contributed by atoms with Crippen LogP contribution >= 0.6 is 0 Å². The number of benzene rings is 2. The van der Waals surface area contributed by atoms with Crippen molar-refractivity contribution in [2.24, 2.45) is 5.92 Å². The third kappa shape index (κ3) is 5.20. The van der Waals surface area contributed by atoms with Crippen molar-refractivity contribution in [1.82, 2.24) is 9.97 Å². The van der Waals surface area contributed by atoms with E-state index in [1.165, 1.54) is 0 Å². The molecule has 3 rings (SSSR count). The summed E-state index contributed by atoms with van der Waals surface area (Å²) in [6, 6.07) is 19.8. The van der Waals surface area contributed by atoms with Gasteiger partial charge in [0.15, 0.2) is 5.82 Å². The first-order valence-corrected chi connectivity index (χ1v) is 9.33. The number of nitrogens with one attached hydrogen (secondary N) is 2. The molecule has 3 aromatic rings. The summed E-state index contributed by atoms with van der Waals surface area (Å²) in [6.07, 6.45) is 0. The summed E-state index contributed by atoms with van der Waals surface area (Å²) in [7, 11) is 0. The maximum absolute atomic E-state index is 5.71. The number of para-hydroxylation sites is 2. The lowest BCUT2D eigenvalue weighted by molar-refractivity contribution is 0.342. The minimum absolute atomic E-state index is 0.523. The Bertz CT molecular complexity index is 865. The Kier molecular flexibility index (Phi) is 6.26. The Labute approximate surface area is 160 Å². The van der Waals surface area contributed by atoms with E-state index < -0.39 is 0 Å². The quantitative estimate of drug-likeness (QED) is 0.565. The van der Waals surface area contributed by atoms with Gasteiger partial charge in [0.05, 0.1) is 12.3 Å². The van der Waals surface area contributed by atoms with Crippen LogP contribution in [0.1, 0.15) is 20.8 Å². The molecular weight excluding hydrogens is 336 g/mol. The zero-order valence-corrected chi connectivity index (χ0v) is 16.1. The Morgan fingerprint density at radius 2 is 1.63 bits per heavy atom. The van der Waals surface area contributed by atoms with Gasteiger partial charge < -0.3 is 15.4 Å². The van der Waals surface area contributed by atoms with Crippen LogP contribution in [0.3, 0.4) is 0 Å². The summed E-state index contributed by atoms with van der Waals surface area (Å²) in [5.74, 6) is 3.53. The summed E-state index contributed by atoms with van der Waals surface area (Å²) >= 11 is 0. The molecule has 0 fully saturated rings. The van der Waals surface area contributed by atoms with Gasteiger partial charge in [-0.15, -0.1) is 0 Å². The topological polar surface area (TPSA) is 59.1 Å². The van der Waals surface area contributed by atoms with E-state index in [-0.39, 0.29) is 0 Å². The van der Waals surface area contributed by atoms with Gasteiger partial charge in [-0.1, -0.05) is 56.3 Å². The van der Waals surface area contributed by atoms with Crippen LogP contribution in [0.15, 0.2) is 60.7 Å². The molecule has 5 heteroatoms. The van der Waals surface area contributed by atoms with Crippen LogP contribution in [0.4, 0.5) is 17.3 Å². The molecule has 0 aliphatic heterocycles. The SMILES string of the molecule is CCOc1ccccc1Nc1cc(NCC(C)C)nc(-c2ccccc2)n1. The lowest BCUT2D eigenvalue weighted by Gasteiger charge is -2.14. The number of hydrogen-bond donors (Lipinski definition) is 2. The van der Waals surface area contributed by atoms with Crippen LogP contribution in [-0.4, -0.2) is 23.1 Å². The average molecular weight is 362 g/mol. The zero-order chi connectivity index (χ0) is 19.1.